The number of anilines is 3. The number of fused-ring (bicyclic) bond motifs is 5. The maximum Gasteiger partial charge on any atom is 0.0584 e. The van der Waals surface area contributed by atoms with Crippen LogP contribution in [-0.4, -0.2) is 4.57 Å². The molecule has 0 saturated heterocycles. The van der Waals surface area contributed by atoms with Crippen LogP contribution in [0.4, 0.5) is 17.1 Å². The summed E-state index contributed by atoms with van der Waals surface area (Å²) >= 11 is 0. The fourth-order valence-electron chi connectivity index (χ4n) is 8.36. The number of rotatable bonds is 6. The van der Waals surface area contributed by atoms with Gasteiger partial charge in [-0.05, 0) is 99.0 Å². The zero-order chi connectivity index (χ0) is 36.3. The number of nitrogens with zero attached hydrogens (tertiary/aromatic N) is 2. The van der Waals surface area contributed by atoms with Crippen molar-refractivity contribution in [2.45, 2.75) is 45.4 Å². The van der Waals surface area contributed by atoms with Gasteiger partial charge in [-0.25, -0.2) is 0 Å². The van der Waals surface area contributed by atoms with Crippen LogP contribution in [0, 0.1) is 0 Å². The Bertz CT molecular complexity index is 2570. The first kappa shape index (κ1) is 32.8. The van der Waals surface area contributed by atoms with Crippen molar-refractivity contribution in [3.8, 4) is 39.2 Å². The van der Waals surface area contributed by atoms with Gasteiger partial charge < -0.3 is 9.47 Å². The Morgan fingerprint density at radius 3 is 1.58 bits per heavy atom. The molecule has 0 N–H and O–H groups in total. The Hall–Kier alpha value is -6.12. The fraction of sp³-hybridized carbons (Fsp3) is 0.137. The summed E-state index contributed by atoms with van der Waals surface area (Å²) < 4.78 is 2.48. The maximum absolute atomic E-state index is 2.48. The quantitative estimate of drug-likeness (QED) is 0.169. The Balaban J connectivity index is 1.14. The summed E-state index contributed by atoms with van der Waals surface area (Å²) in [6.07, 6.45) is 0. The molecule has 1 aromatic heterocycles. The average molecular weight is 685 g/mol. The molecule has 8 aromatic rings. The van der Waals surface area contributed by atoms with Gasteiger partial charge >= 0.3 is 0 Å². The Kier molecular flexibility index (Phi) is 7.75. The summed E-state index contributed by atoms with van der Waals surface area (Å²) in [5.74, 6) is 0. The second-order valence-electron chi connectivity index (χ2n) is 15.9. The highest BCUT2D eigenvalue weighted by atomic mass is 15.1. The van der Waals surface area contributed by atoms with E-state index in [0.717, 1.165) is 17.1 Å². The summed E-state index contributed by atoms with van der Waals surface area (Å²) in [5, 5.41) is 1.31. The van der Waals surface area contributed by atoms with E-state index in [-0.39, 0.29) is 10.8 Å². The van der Waals surface area contributed by atoms with Gasteiger partial charge in [0.1, 0.15) is 0 Å². The predicted molar refractivity (Wildman–Crippen MR) is 225 cm³/mol. The number of hydrogen-bond acceptors (Lipinski definition) is 1. The van der Waals surface area contributed by atoms with Crippen molar-refractivity contribution in [1.82, 2.24) is 4.57 Å². The third kappa shape index (κ3) is 5.57. The largest absolute Gasteiger partial charge is 0.311 e. The molecule has 53 heavy (non-hydrogen) atoms. The molecule has 1 heterocycles. The van der Waals surface area contributed by atoms with Crippen LogP contribution in [0.1, 0.15) is 51.3 Å². The van der Waals surface area contributed by atoms with Crippen molar-refractivity contribution in [2.24, 2.45) is 0 Å². The van der Waals surface area contributed by atoms with Gasteiger partial charge in [-0.15, -0.1) is 0 Å². The molecule has 0 bridgehead atoms. The maximum atomic E-state index is 2.48. The molecule has 7 aromatic carbocycles. The van der Waals surface area contributed by atoms with Crippen LogP contribution in [0.15, 0.2) is 176 Å². The number of benzene rings is 7. The molecular weight excluding hydrogens is 641 g/mol. The van der Waals surface area contributed by atoms with Crippen molar-refractivity contribution >= 4 is 28.0 Å². The molecule has 0 atom stereocenters. The highest BCUT2D eigenvalue weighted by molar-refractivity contribution is 6.01. The van der Waals surface area contributed by atoms with Crippen LogP contribution in [0.3, 0.4) is 0 Å². The molecule has 2 heteroatoms. The van der Waals surface area contributed by atoms with Crippen LogP contribution in [0.5, 0.6) is 0 Å². The molecule has 0 spiro atoms. The molecule has 0 unspecified atom stereocenters. The van der Waals surface area contributed by atoms with E-state index in [1.807, 2.05) is 0 Å². The highest BCUT2D eigenvalue weighted by Crippen LogP contribution is 2.54. The van der Waals surface area contributed by atoms with E-state index in [1.165, 1.54) is 66.8 Å². The minimum Gasteiger partial charge on any atom is -0.311 e. The van der Waals surface area contributed by atoms with Crippen LogP contribution in [0.2, 0.25) is 0 Å². The predicted octanol–water partition coefficient (Wildman–Crippen LogP) is 14.0. The SMILES string of the molecule is CC(C)(C)c1ccc(N(c2ccc(-c3ccccc3)cc2)c2ccc(-c3ccc4c5c(n(-c6ccccc6)c4c3)-c3ccccc3C5(C)C)cc2)cc1. The standard InChI is InChI=1S/C51H44N2/c1-50(2,3)39-25-31-43(32-26-39)52(41-27-20-36(21-28-41)35-14-8-6-9-15-35)42-29-22-37(23-30-42)38-24-33-45-47(34-38)53(40-16-10-7-11-17-40)49-44-18-12-13-19-46(44)51(4,5)48(45)49/h6-34H,1-5H3. The van der Waals surface area contributed by atoms with E-state index in [4.69, 9.17) is 0 Å². The minimum atomic E-state index is -0.0960. The van der Waals surface area contributed by atoms with Crippen molar-refractivity contribution in [3.05, 3.63) is 193 Å². The summed E-state index contributed by atoms with van der Waals surface area (Å²) in [5.41, 5.74) is 17.4. The molecule has 0 aliphatic heterocycles. The van der Waals surface area contributed by atoms with Gasteiger partial charge in [0.15, 0.2) is 0 Å². The van der Waals surface area contributed by atoms with Crippen molar-refractivity contribution in [3.63, 3.8) is 0 Å². The smallest absolute Gasteiger partial charge is 0.0584 e. The lowest BCUT2D eigenvalue weighted by molar-refractivity contribution is 0.590. The average Bonchev–Trinajstić information content (AvgIpc) is 3.65. The zero-order valence-corrected chi connectivity index (χ0v) is 31.1. The van der Waals surface area contributed by atoms with Crippen molar-refractivity contribution < 1.29 is 0 Å². The molecule has 0 fully saturated rings. The van der Waals surface area contributed by atoms with Crippen LogP contribution in [0.25, 0.3) is 50.1 Å². The fourth-order valence-corrected chi connectivity index (χ4v) is 8.36. The van der Waals surface area contributed by atoms with E-state index in [1.54, 1.807) is 0 Å². The topological polar surface area (TPSA) is 8.17 Å². The van der Waals surface area contributed by atoms with Gasteiger partial charge in [0.25, 0.3) is 0 Å². The third-order valence-corrected chi connectivity index (χ3v) is 11.1. The summed E-state index contributed by atoms with van der Waals surface area (Å²) in [4.78, 5) is 2.36. The Morgan fingerprint density at radius 1 is 0.491 bits per heavy atom. The Morgan fingerprint density at radius 2 is 0.981 bits per heavy atom. The summed E-state index contributed by atoms with van der Waals surface area (Å²) in [6, 6.07) is 64.4. The molecular formula is C51H44N2. The highest BCUT2D eigenvalue weighted by Gasteiger charge is 2.40. The normalized spacial score (nSPS) is 13.2. The van der Waals surface area contributed by atoms with Gasteiger partial charge in [-0.2, -0.15) is 0 Å². The summed E-state index contributed by atoms with van der Waals surface area (Å²) in [7, 11) is 0. The monoisotopic (exact) mass is 684 g/mol. The van der Waals surface area contributed by atoms with Gasteiger partial charge in [0.05, 0.1) is 11.2 Å². The van der Waals surface area contributed by atoms with Gasteiger partial charge in [0.2, 0.25) is 0 Å². The van der Waals surface area contributed by atoms with Gasteiger partial charge in [-0.3, -0.25) is 0 Å². The summed E-state index contributed by atoms with van der Waals surface area (Å²) in [6.45, 7) is 11.5. The second-order valence-corrected chi connectivity index (χ2v) is 15.9. The van der Waals surface area contributed by atoms with Crippen LogP contribution < -0.4 is 4.90 Å². The lowest BCUT2D eigenvalue weighted by atomic mass is 9.81. The molecule has 0 radical (unpaired) electrons. The number of aromatic nitrogens is 1. The number of hydrogen-bond donors (Lipinski definition) is 0. The Labute approximate surface area is 313 Å². The first-order chi connectivity index (χ1) is 25.7. The molecule has 1 aliphatic carbocycles. The first-order valence-corrected chi connectivity index (χ1v) is 18.7. The molecule has 2 nitrogen and oxygen atoms in total. The third-order valence-electron chi connectivity index (χ3n) is 11.1. The van der Waals surface area contributed by atoms with E-state index in [2.05, 4.69) is 220 Å². The minimum absolute atomic E-state index is 0.0864. The molecule has 1 aliphatic rings. The molecule has 9 rings (SSSR count). The zero-order valence-electron chi connectivity index (χ0n) is 31.1. The van der Waals surface area contributed by atoms with Gasteiger partial charge in [-0.1, -0.05) is 156 Å². The van der Waals surface area contributed by atoms with Crippen molar-refractivity contribution in [2.75, 3.05) is 4.90 Å². The van der Waals surface area contributed by atoms with Crippen molar-refractivity contribution in [1.29, 1.82) is 0 Å². The molecule has 0 amide bonds. The first-order valence-electron chi connectivity index (χ1n) is 18.7. The van der Waals surface area contributed by atoms with Crippen LogP contribution >= 0.6 is 0 Å². The van der Waals surface area contributed by atoms with E-state index in [0.29, 0.717) is 0 Å². The van der Waals surface area contributed by atoms with E-state index in [9.17, 15) is 0 Å². The van der Waals surface area contributed by atoms with Gasteiger partial charge in [0, 0.05) is 39.1 Å². The lowest BCUT2D eigenvalue weighted by Crippen LogP contribution is -2.14. The lowest BCUT2D eigenvalue weighted by Gasteiger charge is -2.27. The molecule has 0 saturated carbocycles. The number of para-hydroxylation sites is 1. The van der Waals surface area contributed by atoms with E-state index >= 15 is 0 Å². The van der Waals surface area contributed by atoms with E-state index < -0.39 is 0 Å². The second kappa shape index (κ2) is 12.5. The molecule has 258 valence electrons. The van der Waals surface area contributed by atoms with Crippen LogP contribution in [-0.2, 0) is 10.8 Å².